The van der Waals surface area contributed by atoms with Crippen LogP contribution in [0.15, 0.2) is 0 Å². The molecule has 0 aromatic carbocycles. The van der Waals surface area contributed by atoms with Crippen LogP contribution in [0.5, 0.6) is 0 Å². The highest BCUT2D eigenvalue weighted by Gasteiger charge is 2.11. The van der Waals surface area contributed by atoms with Gasteiger partial charge < -0.3 is 10.4 Å². The smallest absolute Gasteiger partial charge is 0.220 e. The van der Waals surface area contributed by atoms with Gasteiger partial charge in [0.25, 0.3) is 0 Å². The van der Waals surface area contributed by atoms with Gasteiger partial charge in [0.1, 0.15) is 0 Å². The van der Waals surface area contributed by atoms with E-state index in [1.165, 1.54) is 0 Å². The van der Waals surface area contributed by atoms with Crippen LogP contribution >= 0.6 is 0 Å². The highest BCUT2D eigenvalue weighted by Crippen LogP contribution is 2.06. The van der Waals surface area contributed by atoms with E-state index in [-0.39, 0.29) is 18.1 Å². The van der Waals surface area contributed by atoms with Crippen molar-refractivity contribution in [3.63, 3.8) is 0 Å². The minimum absolute atomic E-state index is 0.0616. The first kappa shape index (κ1) is 13.4. The molecule has 0 aliphatic rings. The van der Waals surface area contributed by atoms with Gasteiger partial charge in [-0.05, 0) is 26.2 Å². The summed E-state index contributed by atoms with van der Waals surface area (Å²) in [6, 6.07) is 0.0616. The Labute approximate surface area is 86.9 Å². The minimum atomic E-state index is -0.353. The Balaban J connectivity index is 3.71. The van der Waals surface area contributed by atoms with Gasteiger partial charge in [0.2, 0.25) is 5.91 Å². The molecule has 0 spiro atoms. The largest absolute Gasteiger partial charge is 0.393 e. The number of hydrogen-bond acceptors (Lipinski definition) is 2. The molecule has 0 radical (unpaired) electrons. The Morgan fingerprint density at radius 2 is 1.93 bits per heavy atom. The highest BCUT2D eigenvalue weighted by atomic mass is 16.3. The topological polar surface area (TPSA) is 49.3 Å². The maximum absolute atomic E-state index is 11.4. The van der Waals surface area contributed by atoms with Crippen molar-refractivity contribution in [2.75, 3.05) is 0 Å². The lowest BCUT2D eigenvalue weighted by Crippen LogP contribution is -2.35. The predicted molar refractivity (Wildman–Crippen MR) is 58.0 cm³/mol. The van der Waals surface area contributed by atoms with Crippen molar-refractivity contribution in [3.8, 4) is 0 Å². The minimum Gasteiger partial charge on any atom is -0.393 e. The summed E-state index contributed by atoms with van der Waals surface area (Å²) >= 11 is 0. The summed E-state index contributed by atoms with van der Waals surface area (Å²) in [4.78, 5) is 11.4. The Bertz CT molecular complexity index is 169. The number of aliphatic hydroxyl groups excluding tert-OH is 1. The first-order valence-corrected chi connectivity index (χ1v) is 5.43. The number of carbonyl (C=O) groups is 1. The molecule has 14 heavy (non-hydrogen) atoms. The molecule has 0 aromatic rings. The van der Waals surface area contributed by atoms with Crippen LogP contribution in [0.4, 0.5) is 0 Å². The maximum atomic E-state index is 11.4. The van der Waals surface area contributed by atoms with Crippen LogP contribution in [-0.4, -0.2) is 23.2 Å². The van der Waals surface area contributed by atoms with Gasteiger partial charge in [0.15, 0.2) is 0 Å². The molecule has 0 heterocycles. The number of rotatable bonds is 6. The van der Waals surface area contributed by atoms with Gasteiger partial charge >= 0.3 is 0 Å². The quantitative estimate of drug-likeness (QED) is 0.687. The van der Waals surface area contributed by atoms with Gasteiger partial charge in [-0.15, -0.1) is 0 Å². The van der Waals surface area contributed by atoms with E-state index < -0.39 is 0 Å². The second-order valence-electron chi connectivity index (χ2n) is 4.27. The van der Waals surface area contributed by atoms with Crippen molar-refractivity contribution >= 4 is 5.91 Å². The summed E-state index contributed by atoms with van der Waals surface area (Å²) in [6.07, 6.45) is 1.87. The van der Waals surface area contributed by atoms with Crippen molar-refractivity contribution in [2.45, 2.75) is 59.1 Å². The van der Waals surface area contributed by atoms with Gasteiger partial charge in [0, 0.05) is 12.5 Å². The van der Waals surface area contributed by atoms with E-state index in [2.05, 4.69) is 19.2 Å². The van der Waals surface area contributed by atoms with Crippen molar-refractivity contribution in [2.24, 2.45) is 5.92 Å². The summed E-state index contributed by atoms with van der Waals surface area (Å²) in [7, 11) is 0. The van der Waals surface area contributed by atoms with E-state index in [1.807, 2.05) is 6.92 Å². The van der Waals surface area contributed by atoms with Crippen LogP contribution in [-0.2, 0) is 4.79 Å². The summed E-state index contributed by atoms with van der Waals surface area (Å²) in [5.74, 6) is 0.529. The Hall–Kier alpha value is -0.570. The molecule has 0 saturated heterocycles. The molecule has 0 bridgehead atoms. The second-order valence-corrected chi connectivity index (χ2v) is 4.27. The normalized spacial score (nSPS) is 17.2. The zero-order chi connectivity index (χ0) is 11.1. The number of amides is 1. The van der Waals surface area contributed by atoms with Crippen LogP contribution < -0.4 is 5.32 Å². The second kappa shape index (κ2) is 6.82. The molecule has 0 saturated carbocycles. The fourth-order valence-corrected chi connectivity index (χ4v) is 1.37. The van der Waals surface area contributed by atoms with Gasteiger partial charge in [0.05, 0.1) is 6.10 Å². The van der Waals surface area contributed by atoms with E-state index >= 15 is 0 Å². The molecule has 3 atom stereocenters. The van der Waals surface area contributed by atoms with Crippen molar-refractivity contribution in [3.05, 3.63) is 0 Å². The summed E-state index contributed by atoms with van der Waals surface area (Å²) in [6.45, 7) is 7.80. The molecule has 3 heteroatoms. The lowest BCUT2D eigenvalue weighted by Gasteiger charge is -2.16. The van der Waals surface area contributed by atoms with Crippen LogP contribution in [0.2, 0.25) is 0 Å². The third-order valence-electron chi connectivity index (χ3n) is 2.33. The monoisotopic (exact) mass is 201 g/mol. The first-order chi connectivity index (χ1) is 6.45. The Kier molecular flexibility index (Phi) is 6.54. The standard InChI is InChI=1S/C11H23NO2/c1-5-8(2)6-11(14)12-9(3)7-10(4)13/h8-10,13H,5-7H2,1-4H3,(H,12,14). The highest BCUT2D eigenvalue weighted by molar-refractivity contribution is 5.76. The summed E-state index contributed by atoms with van der Waals surface area (Å²) in [5, 5.41) is 12.0. The van der Waals surface area contributed by atoms with Gasteiger partial charge in [-0.3, -0.25) is 4.79 Å². The molecular weight excluding hydrogens is 178 g/mol. The van der Waals surface area contributed by atoms with Gasteiger partial charge in [-0.2, -0.15) is 0 Å². The summed E-state index contributed by atoms with van der Waals surface area (Å²) in [5.41, 5.74) is 0. The molecule has 0 aromatic heterocycles. The fourth-order valence-electron chi connectivity index (χ4n) is 1.37. The van der Waals surface area contributed by atoms with E-state index in [4.69, 9.17) is 5.11 Å². The Morgan fingerprint density at radius 1 is 1.36 bits per heavy atom. The van der Waals surface area contributed by atoms with Crippen LogP contribution in [0.25, 0.3) is 0 Å². The SMILES string of the molecule is CCC(C)CC(=O)NC(C)CC(C)O. The molecular formula is C11H23NO2. The fraction of sp³-hybridized carbons (Fsp3) is 0.909. The third kappa shape index (κ3) is 6.89. The molecule has 0 aliphatic heterocycles. The van der Waals surface area contributed by atoms with E-state index in [0.717, 1.165) is 6.42 Å². The number of carbonyl (C=O) groups excluding carboxylic acids is 1. The summed E-state index contributed by atoms with van der Waals surface area (Å²) < 4.78 is 0. The molecule has 1 amide bonds. The predicted octanol–water partition coefficient (Wildman–Crippen LogP) is 1.70. The van der Waals surface area contributed by atoms with Crippen molar-refractivity contribution in [1.82, 2.24) is 5.32 Å². The average molecular weight is 201 g/mol. The first-order valence-electron chi connectivity index (χ1n) is 5.43. The third-order valence-corrected chi connectivity index (χ3v) is 2.33. The van der Waals surface area contributed by atoms with E-state index in [1.54, 1.807) is 6.92 Å². The van der Waals surface area contributed by atoms with Crippen molar-refractivity contribution in [1.29, 1.82) is 0 Å². The van der Waals surface area contributed by atoms with Crippen LogP contribution in [0, 0.1) is 5.92 Å². The van der Waals surface area contributed by atoms with Gasteiger partial charge in [-0.25, -0.2) is 0 Å². The molecule has 3 nitrogen and oxygen atoms in total. The number of nitrogens with one attached hydrogen (secondary N) is 1. The molecule has 0 fully saturated rings. The van der Waals surface area contributed by atoms with E-state index in [9.17, 15) is 4.79 Å². The lowest BCUT2D eigenvalue weighted by atomic mass is 10.0. The van der Waals surface area contributed by atoms with Crippen LogP contribution in [0.1, 0.15) is 47.0 Å². The molecule has 0 aliphatic carbocycles. The van der Waals surface area contributed by atoms with Crippen LogP contribution in [0.3, 0.4) is 0 Å². The zero-order valence-electron chi connectivity index (χ0n) is 9.71. The maximum Gasteiger partial charge on any atom is 0.220 e. The van der Waals surface area contributed by atoms with Gasteiger partial charge in [-0.1, -0.05) is 20.3 Å². The molecule has 0 rings (SSSR count). The molecule has 84 valence electrons. The Morgan fingerprint density at radius 3 is 2.36 bits per heavy atom. The molecule has 3 unspecified atom stereocenters. The zero-order valence-corrected chi connectivity index (χ0v) is 9.71. The van der Waals surface area contributed by atoms with Crippen molar-refractivity contribution < 1.29 is 9.90 Å². The lowest BCUT2D eigenvalue weighted by molar-refractivity contribution is -0.122. The molecule has 2 N–H and O–H groups in total. The number of hydrogen-bond donors (Lipinski definition) is 2. The van der Waals surface area contributed by atoms with E-state index in [0.29, 0.717) is 18.8 Å². The number of aliphatic hydroxyl groups is 1. The average Bonchev–Trinajstić information content (AvgIpc) is 2.01.